The number of halogens is 1. The van der Waals surface area contributed by atoms with Gasteiger partial charge < -0.3 is 29.8 Å². The van der Waals surface area contributed by atoms with Gasteiger partial charge in [0.25, 0.3) is 0 Å². The molecule has 1 aliphatic heterocycles. The first-order valence-corrected chi connectivity index (χ1v) is 16.3. The van der Waals surface area contributed by atoms with Crippen LogP contribution in [0.1, 0.15) is 93.4 Å². The van der Waals surface area contributed by atoms with Gasteiger partial charge in [0.05, 0.1) is 18.7 Å². The largest absolute Gasteiger partial charge is 0.460 e. The van der Waals surface area contributed by atoms with Crippen LogP contribution >= 0.6 is 0 Å². The molecule has 3 amide bonds. The molecule has 10 nitrogen and oxygen atoms in total. The maximum atomic E-state index is 14.6. The minimum atomic E-state index is -0.983. The van der Waals surface area contributed by atoms with Crippen molar-refractivity contribution >= 4 is 34.8 Å². The number of rotatable bonds is 9. The Morgan fingerprint density at radius 1 is 1.02 bits per heavy atom. The van der Waals surface area contributed by atoms with E-state index in [0.29, 0.717) is 48.6 Å². The lowest BCUT2D eigenvalue weighted by atomic mass is 9.78. The van der Waals surface area contributed by atoms with Crippen LogP contribution in [0.5, 0.6) is 0 Å². The molecule has 1 aliphatic carbocycles. The second-order valence-electron chi connectivity index (χ2n) is 13.4. The number of para-hydroxylation sites is 1. The van der Waals surface area contributed by atoms with Gasteiger partial charge in [-0.25, -0.2) is 14.0 Å². The van der Waals surface area contributed by atoms with E-state index in [4.69, 9.17) is 19.6 Å². The number of carbonyl (C=O) groups excluding carboxylic acids is 4. The van der Waals surface area contributed by atoms with Crippen molar-refractivity contribution in [1.29, 1.82) is 0 Å². The topological polar surface area (TPSA) is 141 Å². The average Bonchev–Trinajstić information content (AvgIpc) is 3.62. The molecular weight excluding hydrogens is 605 g/mol. The highest BCUT2D eigenvalue weighted by Crippen LogP contribution is 2.50. The second-order valence-corrected chi connectivity index (χ2v) is 13.4. The van der Waals surface area contributed by atoms with Gasteiger partial charge in [-0.3, -0.25) is 9.59 Å². The molecule has 47 heavy (non-hydrogen) atoms. The summed E-state index contributed by atoms with van der Waals surface area (Å²) in [5.74, 6) is -2.66. The Labute approximate surface area is 274 Å². The molecule has 0 bridgehead atoms. The van der Waals surface area contributed by atoms with Crippen LogP contribution in [0.4, 0.5) is 9.18 Å². The molecule has 2 fully saturated rings. The Bertz CT molecular complexity index is 1590. The van der Waals surface area contributed by atoms with Gasteiger partial charge in [0.15, 0.2) is 0 Å². The molecule has 4 atom stereocenters. The standard InChI is InChI=1S/C36H44FN3O7/c1-5-45-34(43)31-29(24-13-9-10-14-28(24)46-31)27-19-25(21-11-7-6-8-12-21)30(32(38)41)40(27)33(42)23-17-15-22(16-18-23)26(20-37)39-35(44)47-36(2,3)4/h6-14,22-23,25-27,30H,5,15-20H2,1-4H3,(H2,38,41)(H,39,44)/t22-,23-,25-,26-,27?,30+/m1/s1. The highest BCUT2D eigenvalue weighted by molar-refractivity contribution is 5.98. The van der Waals surface area contributed by atoms with Gasteiger partial charge in [0.1, 0.15) is 23.9 Å². The molecule has 2 heterocycles. The first-order chi connectivity index (χ1) is 22.4. The molecule has 1 aromatic heterocycles. The van der Waals surface area contributed by atoms with Crippen LogP contribution in [0.2, 0.25) is 0 Å². The van der Waals surface area contributed by atoms with Gasteiger partial charge in [-0.15, -0.1) is 0 Å². The molecule has 1 saturated heterocycles. The maximum Gasteiger partial charge on any atom is 0.407 e. The Kier molecular flexibility index (Phi) is 10.2. The van der Waals surface area contributed by atoms with Crippen molar-refractivity contribution in [1.82, 2.24) is 10.2 Å². The summed E-state index contributed by atoms with van der Waals surface area (Å²) >= 11 is 0. The zero-order valence-corrected chi connectivity index (χ0v) is 27.4. The number of furan rings is 1. The molecule has 11 heteroatoms. The van der Waals surface area contributed by atoms with Crippen molar-refractivity contribution in [3.05, 3.63) is 71.5 Å². The van der Waals surface area contributed by atoms with Crippen LogP contribution in [-0.4, -0.2) is 59.7 Å². The van der Waals surface area contributed by atoms with E-state index in [1.165, 1.54) is 0 Å². The van der Waals surface area contributed by atoms with Crippen LogP contribution in [0, 0.1) is 11.8 Å². The monoisotopic (exact) mass is 649 g/mol. The summed E-state index contributed by atoms with van der Waals surface area (Å²) in [5, 5.41) is 3.31. The Balaban J connectivity index is 1.48. The number of nitrogens with zero attached hydrogens (tertiary/aromatic N) is 1. The molecule has 2 aromatic carbocycles. The molecule has 3 N–H and O–H groups in total. The third-order valence-electron chi connectivity index (χ3n) is 9.25. The number of alkyl carbamates (subject to hydrolysis) is 1. The molecule has 5 rings (SSSR count). The summed E-state index contributed by atoms with van der Waals surface area (Å²) in [5.41, 5.74) is 7.17. The van der Waals surface area contributed by atoms with E-state index in [9.17, 15) is 23.6 Å². The lowest BCUT2D eigenvalue weighted by Crippen LogP contribution is -2.50. The summed E-state index contributed by atoms with van der Waals surface area (Å²) in [4.78, 5) is 55.1. The normalized spacial score (nSPS) is 23.7. The van der Waals surface area contributed by atoms with Gasteiger partial charge in [0.2, 0.25) is 17.6 Å². The summed E-state index contributed by atoms with van der Waals surface area (Å²) in [6, 6.07) is 14.2. The molecule has 0 spiro atoms. The molecule has 3 aromatic rings. The SMILES string of the molecule is CCOC(=O)c1oc2ccccc2c1C1C[C@H](c2ccccc2)[C@@H](C(N)=O)N1C(=O)[C@H]1CC[C@H]([C@@H](CF)NC(=O)OC(C)(C)C)CC1. The van der Waals surface area contributed by atoms with Crippen LogP contribution in [0.25, 0.3) is 11.0 Å². The molecule has 2 aliphatic rings. The number of amides is 3. The summed E-state index contributed by atoms with van der Waals surface area (Å²) < 4.78 is 30.9. The number of nitrogens with one attached hydrogen (secondary N) is 1. The van der Waals surface area contributed by atoms with Crippen LogP contribution < -0.4 is 11.1 Å². The number of likely N-dealkylation sites (tertiary alicyclic amines) is 1. The number of carbonyl (C=O) groups is 4. The van der Waals surface area contributed by atoms with Crippen molar-refractivity contribution in [3.8, 4) is 0 Å². The van der Waals surface area contributed by atoms with Crippen molar-refractivity contribution in [2.24, 2.45) is 17.6 Å². The number of primary amides is 1. The van der Waals surface area contributed by atoms with Gasteiger partial charge in [-0.05, 0) is 77.3 Å². The Morgan fingerprint density at radius 3 is 2.30 bits per heavy atom. The van der Waals surface area contributed by atoms with Crippen LogP contribution in [-0.2, 0) is 19.1 Å². The average molecular weight is 650 g/mol. The maximum absolute atomic E-state index is 14.6. The number of esters is 1. The molecule has 0 radical (unpaired) electrons. The highest BCUT2D eigenvalue weighted by Gasteiger charge is 2.51. The van der Waals surface area contributed by atoms with Crippen LogP contribution in [0.3, 0.4) is 0 Å². The number of hydrogen-bond donors (Lipinski definition) is 2. The number of fused-ring (bicyclic) bond motifs is 1. The summed E-state index contributed by atoms with van der Waals surface area (Å²) in [7, 11) is 0. The molecule has 1 saturated carbocycles. The van der Waals surface area contributed by atoms with Gasteiger partial charge in [0, 0.05) is 22.8 Å². The lowest BCUT2D eigenvalue weighted by molar-refractivity contribution is -0.144. The predicted octanol–water partition coefficient (Wildman–Crippen LogP) is 6.19. The zero-order chi connectivity index (χ0) is 33.9. The van der Waals surface area contributed by atoms with Crippen LogP contribution in [0.15, 0.2) is 59.0 Å². The van der Waals surface area contributed by atoms with Gasteiger partial charge >= 0.3 is 12.1 Å². The second kappa shape index (κ2) is 14.1. The third kappa shape index (κ3) is 7.29. The first kappa shape index (κ1) is 33.9. The fraction of sp³-hybridized carbons (Fsp3) is 0.500. The number of hydrogen-bond acceptors (Lipinski definition) is 7. The first-order valence-electron chi connectivity index (χ1n) is 16.3. The zero-order valence-electron chi connectivity index (χ0n) is 27.4. The molecule has 1 unspecified atom stereocenters. The fourth-order valence-electron chi connectivity index (χ4n) is 7.24. The van der Waals surface area contributed by atoms with E-state index >= 15 is 0 Å². The molecular formula is C36H44FN3O7. The van der Waals surface area contributed by atoms with Crippen molar-refractivity contribution < 1.29 is 37.5 Å². The van der Waals surface area contributed by atoms with Crippen molar-refractivity contribution in [3.63, 3.8) is 0 Å². The summed E-state index contributed by atoms with van der Waals surface area (Å²) in [6.07, 6.45) is 1.49. The Morgan fingerprint density at radius 2 is 1.68 bits per heavy atom. The van der Waals surface area contributed by atoms with E-state index in [1.54, 1.807) is 44.7 Å². The van der Waals surface area contributed by atoms with Crippen molar-refractivity contribution in [2.75, 3.05) is 13.3 Å². The van der Waals surface area contributed by atoms with E-state index in [-0.39, 0.29) is 24.2 Å². The van der Waals surface area contributed by atoms with E-state index in [0.717, 1.165) is 5.56 Å². The van der Waals surface area contributed by atoms with Gasteiger partial charge in [-0.2, -0.15) is 0 Å². The smallest absolute Gasteiger partial charge is 0.407 e. The minimum absolute atomic E-state index is 0.00417. The van der Waals surface area contributed by atoms with E-state index in [1.807, 2.05) is 42.5 Å². The van der Waals surface area contributed by atoms with E-state index < -0.39 is 60.2 Å². The lowest BCUT2D eigenvalue weighted by Gasteiger charge is -2.37. The highest BCUT2D eigenvalue weighted by atomic mass is 19.1. The number of alkyl halides is 1. The number of benzene rings is 2. The van der Waals surface area contributed by atoms with E-state index in [2.05, 4.69) is 5.32 Å². The fourth-order valence-corrected chi connectivity index (χ4v) is 7.24. The van der Waals surface area contributed by atoms with Gasteiger partial charge in [-0.1, -0.05) is 48.5 Å². The number of ether oxygens (including phenoxy) is 2. The number of nitrogens with two attached hydrogens (primary N) is 1. The quantitative estimate of drug-likeness (QED) is 0.263. The minimum Gasteiger partial charge on any atom is -0.460 e. The third-order valence-corrected chi connectivity index (χ3v) is 9.25. The summed E-state index contributed by atoms with van der Waals surface area (Å²) in [6.45, 7) is 6.29. The predicted molar refractivity (Wildman–Crippen MR) is 173 cm³/mol. The Hall–Kier alpha value is -4.41. The molecule has 252 valence electrons. The van der Waals surface area contributed by atoms with Crippen molar-refractivity contribution in [2.45, 2.75) is 89.4 Å².